The number of aryl methyl sites for hydroxylation is 1. The Balaban J connectivity index is 1.90. The van der Waals surface area contributed by atoms with Crippen molar-refractivity contribution in [2.75, 3.05) is 31.1 Å². The van der Waals surface area contributed by atoms with Crippen LogP contribution >= 0.6 is 0 Å². The molecule has 9 nitrogen and oxygen atoms in total. The Morgan fingerprint density at radius 1 is 1.11 bits per heavy atom. The van der Waals surface area contributed by atoms with Crippen LogP contribution in [0.1, 0.15) is 11.7 Å². The van der Waals surface area contributed by atoms with Gasteiger partial charge in [0.05, 0.1) is 38.8 Å². The number of piperazine rings is 1. The van der Waals surface area contributed by atoms with Gasteiger partial charge in [0.2, 0.25) is 5.95 Å². The van der Waals surface area contributed by atoms with Gasteiger partial charge in [-0.1, -0.05) is 30.3 Å². The van der Waals surface area contributed by atoms with Crippen molar-refractivity contribution in [1.82, 2.24) is 18.7 Å². The zero-order valence-corrected chi connectivity index (χ0v) is 16.1. The Morgan fingerprint density at radius 3 is 2.46 bits per heavy atom. The van der Waals surface area contributed by atoms with Gasteiger partial charge in [-0.25, -0.2) is 4.79 Å². The van der Waals surface area contributed by atoms with Crippen molar-refractivity contribution in [3.63, 3.8) is 0 Å². The lowest BCUT2D eigenvalue weighted by molar-refractivity contribution is -0.655. The predicted molar refractivity (Wildman–Crippen MR) is 105 cm³/mol. The third-order valence-electron chi connectivity index (χ3n) is 5.36. The second-order valence-electron chi connectivity index (χ2n) is 7.18. The zero-order chi connectivity index (χ0) is 19.8. The Bertz CT molecular complexity index is 1110. The van der Waals surface area contributed by atoms with Crippen LogP contribution in [0, 0.1) is 0 Å². The van der Waals surface area contributed by atoms with Gasteiger partial charge in [0.25, 0.3) is 5.56 Å². The molecule has 1 fully saturated rings. The summed E-state index contributed by atoms with van der Waals surface area (Å²) in [6.45, 7) is 3.63. The van der Waals surface area contributed by atoms with Gasteiger partial charge in [-0.15, -0.1) is 0 Å². The average Bonchev–Trinajstić information content (AvgIpc) is 3.11. The predicted octanol–water partition coefficient (Wildman–Crippen LogP) is -1.45. The molecule has 1 aromatic carbocycles. The highest BCUT2D eigenvalue weighted by Gasteiger charge is 2.26. The normalized spacial score (nSPS) is 15.9. The van der Waals surface area contributed by atoms with E-state index in [1.807, 2.05) is 30.3 Å². The number of fused-ring (bicyclic) bond motifs is 1. The van der Waals surface area contributed by atoms with E-state index in [0.29, 0.717) is 17.1 Å². The molecule has 148 valence electrons. The van der Waals surface area contributed by atoms with Crippen molar-refractivity contribution in [1.29, 1.82) is 0 Å². The van der Waals surface area contributed by atoms with Gasteiger partial charge < -0.3 is 19.9 Å². The summed E-state index contributed by atoms with van der Waals surface area (Å²) in [5.41, 5.74) is 0.635. The van der Waals surface area contributed by atoms with Gasteiger partial charge in [0, 0.05) is 14.1 Å². The average molecular weight is 385 g/mol. The summed E-state index contributed by atoms with van der Waals surface area (Å²) in [4.78, 5) is 32.0. The standard InChI is InChI=1S/C19H24N6O3/c1-22-16-15(17(27)23(2)19(22)28)25(12-14(26)13-6-4-3-5-7-13)18(21-16)24-10-8-20-9-11-24/h3-7,14,20,26H,8-12H2,1-2H3/p+1/t14-/m1/s1. The van der Waals surface area contributed by atoms with E-state index in [9.17, 15) is 14.7 Å². The summed E-state index contributed by atoms with van der Waals surface area (Å²) in [7, 11) is 3.08. The number of hydrogen-bond donors (Lipinski definition) is 2. The maximum Gasteiger partial charge on any atom is 0.332 e. The molecule has 3 N–H and O–H groups in total. The van der Waals surface area contributed by atoms with Gasteiger partial charge in [-0.05, 0) is 5.56 Å². The first-order chi connectivity index (χ1) is 13.5. The van der Waals surface area contributed by atoms with E-state index in [2.05, 4.69) is 15.2 Å². The third-order valence-corrected chi connectivity index (χ3v) is 5.36. The van der Waals surface area contributed by atoms with Crippen molar-refractivity contribution in [3.05, 3.63) is 56.7 Å². The minimum absolute atomic E-state index is 0.184. The summed E-state index contributed by atoms with van der Waals surface area (Å²) in [6, 6.07) is 9.34. The minimum atomic E-state index is -0.796. The number of imidazole rings is 1. The number of rotatable bonds is 4. The molecular formula is C19H25N6O3+. The number of aliphatic hydroxyl groups is 1. The molecule has 4 rings (SSSR count). The molecule has 0 spiro atoms. The molecule has 28 heavy (non-hydrogen) atoms. The molecule has 0 bridgehead atoms. The molecule has 2 aromatic heterocycles. The van der Waals surface area contributed by atoms with E-state index in [1.165, 1.54) is 11.6 Å². The summed E-state index contributed by atoms with van der Waals surface area (Å²) in [6.07, 6.45) is -0.796. The molecule has 0 amide bonds. The Morgan fingerprint density at radius 2 is 1.79 bits per heavy atom. The monoisotopic (exact) mass is 385 g/mol. The van der Waals surface area contributed by atoms with E-state index in [-0.39, 0.29) is 6.54 Å². The molecule has 1 atom stereocenters. The molecule has 9 heteroatoms. The fourth-order valence-corrected chi connectivity index (χ4v) is 3.75. The smallest absolute Gasteiger partial charge is 0.332 e. The summed E-state index contributed by atoms with van der Waals surface area (Å²) in [5, 5.41) is 13.0. The van der Waals surface area contributed by atoms with Crippen LogP contribution in [0.5, 0.6) is 0 Å². The highest BCUT2D eigenvalue weighted by atomic mass is 16.3. The first kappa shape index (κ1) is 18.5. The Hall–Kier alpha value is -2.91. The maximum atomic E-state index is 12.9. The minimum Gasteiger partial charge on any atom is -0.387 e. The highest BCUT2D eigenvalue weighted by Crippen LogP contribution is 2.24. The molecular weight excluding hydrogens is 360 g/mol. The van der Waals surface area contributed by atoms with Gasteiger partial charge >= 0.3 is 5.69 Å². The van der Waals surface area contributed by atoms with Crippen LogP contribution in [0.3, 0.4) is 0 Å². The van der Waals surface area contributed by atoms with E-state index < -0.39 is 17.4 Å². The summed E-state index contributed by atoms with van der Waals surface area (Å²) in [5.74, 6) is 0.622. The van der Waals surface area contributed by atoms with Crippen LogP contribution in [0.25, 0.3) is 11.2 Å². The third kappa shape index (κ3) is 3.02. The van der Waals surface area contributed by atoms with Crippen LogP contribution in [0.4, 0.5) is 5.95 Å². The maximum absolute atomic E-state index is 12.9. The van der Waals surface area contributed by atoms with E-state index in [1.54, 1.807) is 11.6 Å². The topological polar surface area (TPSA) is 102 Å². The highest BCUT2D eigenvalue weighted by molar-refractivity contribution is 5.74. The number of nitrogens with zero attached hydrogens (tertiary/aromatic N) is 5. The van der Waals surface area contributed by atoms with Crippen molar-refractivity contribution in [2.24, 2.45) is 14.1 Å². The fourth-order valence-electron chi connectivity index (χ4n) is 3.75. The number of aliphatic hydroxyl groups excluding tert-OH is 1. The Kier molecular flexibility index (Phi) is 4.78. The molecule has 1 aliphatic rings. The number of quaternary nitrogens is 1. The lowest BCUT2D eigenvalue weighted by Gasteiger charge is -2.27. The number of nitrogens with two attached hydrogens (primary N) is 1. The summed E-state index contributed by atoms with van der Waals surface area (Å²) < 4.78 is 4.24. The van der Waals surface area contributed by atoms with Gasteiger partial charge in [-0.2, -0.15) is 4.98 Å². The lowest BCUT2D eigenvalue weighted by atomic mass is 10.1. The summed E-state index contributed by atoms with van der Waals surface area (Å²) >= 11 is 0. The number of anilines is 1. The Labute approximate surface area is 161 Å². The second kappa shape index (κ2) is 7.25. The zero-order valence-electron chi connectivity index (χ0n) is 16.1. The molecule has 0 radical (unpaired) electrons. The van der Waals surface area contributed by atoms with Crippen molar-refractivity contribution in [2.45, 2.75) is 12.6 Å². The van der Waals surface area contributed by atoms with Gasteiger partial charge in [0.1, 0.15) is 0 Å². The van der Waals surface area contributed by atoms with E-state index >= 15 is 0 Å². The molecule has 1 aliphatic heterocycles. The number of hydrogen-bond acceptors (Lipinski definition) is 5. The molecule has 1 saturated heterocycles. The van der Waals surface area contributed by atoms with Gasteiger partial charge in [0.15, 0.2) is 11.2 Å². The molecule has 0 saturated carbocycles. The molecule has 3 heterocycles. The first-order valence-electron chi connectivity index (χ1n) is 9.45. The quantitative estimate of drug-likeness (QED) is 0.572. The molecule has 3 aromatic rings. The molecule has 0 unspecified atom stereocenters. The van der Waals surface area contributed by atoms with Crippen molar-refractivity contribution >= 4 is 17.1 Å². The van der Waals surface area contributed by atoms with Crippen LogP contribution in [-0.4, -0.2) is 50.0 Å². The van der Waals surface area contributed by atoms with Crippen LogP contribution in [-0.2, 0) is 20.6 Å². The number of benzene rings is 1. The van der Waals surface area contributed by atoms with Crippen LogP contribution < -0.4 is 21.5 Å². The SMILES string of the molecule is Cn1c(=O)c2c(nc(N3CC[NH2+]CC3)n2C[C@@H](O)c2ccccc2)n(C)c1=O. The van der Waals surface area contributed by atoms with Crippen molar-refractivity contribution in [3.8, 4) is 0 Å². The van der Waals surface area contributed by atoms with Crippen LogP contribution in [0.15, 0.2) is 39.9 Å². The fraction of sp³-hybridized carbons (Fsp3) is 0.421. The van der Waals surface area contributed by atoms with E-state index in [4.69, 9.17) is 0 Å². The van der Waals surface area contributed by atoms with E-state index in [0.717, 1.165) is 36.3 Å². The first-order valence-corrected chi connectivity index (χ1v) is 9.45. The van der Waals surface area contributed by atoms with Crippen molar-refractivity contribution < 1.29 is 10.4 Å². The molecule has 0 aliphatic carbocycles. The van der Waals surface area contributed by atoms with Crippen LogP contribution in [0.2, 0.25) is 0 Å². The largest absolute Gasteiger partial charge is 0.387 e. The number of aromatic nitrogens is 4. The lowest BCUT2D eigenvalue weighted by Crippen LogP contribution is -2.89. The van der Waals surface area contributed by atoms with Gasteiger partial charge in [-0.3, -0.25) is 13.9 Å². The second-order valence-corrected chi connectivity index (χ2v) is 7.18.